The third kappa shape index (κ3) is 3.64. The quantitative estimate of drug-likeness (QED) is 0.726. The van der Waals surface area contributed by atoms with Gasteiger partial charge in [0, 0.05) is 0 Å². The third-order valence-electron chi connectivity index (χ3n) is 2.07. The lowest BCUT2D eigenvalue weighted by molar-refractivity contribution is 0.373. The molecule has 0 atom stereocenters. The van der Waals surface area contributed by atoms with Gasteiger partial charge in [-0.1, -0.05) is 18.2 Å². The summed E-state index contributed by atoms with van der Waals surface area (Å²) in [5.41, 5.74) is 0.976. The Morgan fingerprint density at radius 2 is 2.27 bits per heavy atom. The summed E-state index contributed by atoms with van der Waals surface area (Å²) in [7, 11) is 3.46. The van der Waals surface area contributed by atoms with Gasteiger partial charge in [-0.05, 0) is 37.7 Å². The Morgan fingerprint density at radius 3 is 2.87 bits per heavy atom. The molecular formula is C12H17NO2. The normalized spacial score (nSPS) is 10.8. The second kappa shape index (κ2) is 6.09. The van der Waals surface area contributed by atoms with Crippen LogP contribution in [0.2, 0.25) is 0 Å². The summed E-state index contributed by atoms with van der Waals surface area (Å²) in [5, 5.41) is 12.6. The first-order chi connectivity index (χ1) is 7.27. The van der Waals surface area contributed by atoms with Gasteiger partial charge in [0.25, 0.3) is 0 Å². The van der Waals surface area contributed by atoms with Crippen molar-refractivity contribution in [2.45, 2.75) is 6.42 Å². The van der Waals surface area contributed by atoms with Crippen LogP contribution in [0.3, 0.4) is 0 Å². The molecule has 3 nitrogen and oxygen atoms in total. The zero-order valence-electron chi connectivity index (χ0n) is 9.16. The van der Waals surface area contributed by atoms with Crippen LogP contribution in [0, 0.1) is 0 Å². The summed E-state index contributed by atoms with van der Waals surface area (Å²) in [6.45, 7) is 0.957. The summed E-state index contributed by atoms with van der Waals surface area (Å²) < 4.78 is 4.96. The largest absolute Gasteiger partial charge is 0.504 e. The van der Waals surface area contributed by atoms with Gasteiger partial charge in [0.05, 0.1) is 7.11 Å². The minimum atomic E-state index is 0.174. The topological polar surface area (TPSA) is 41.5 Å². The van der Waals surface area contributed by atoms with E-state index in [1.165, 1.54) is 7.11 Å². The number of nitrogens with one attached hydrogen (secondary N) is 1. The Labute approximate surface area is 90.4 Å². The van der Waals surface area contributed by atoms with Crippen LogP contribution in [0.4, 0.5) is 0 Å². The second-order valence-electron chi connectivity index (χ2n) is 3.23. The molecule has 0 saturated heterocycles. The van der Waals surface area contributed by atoms with Gasteiger partial charge >= 0.3 is 0 Å². The minimum absolute atomic E-state index is 0.174. The van der Waals surface area contributed by atoms with Crippen molar-refractivity contribution in [3.63, 3.8) is 0 Å². The highest BCUT2D eigenvalue weighted by molar-refractivity contribution is 5.55. The van der Waals surface area contributed by atoms with Gasteiger partial charge in [-0.15, -0.1) is 0 Å². The Bertz CT molecular complexity index is 334. The van der Waals surface area contributed by atoms with Gasteiger partial charge in [0.1, 0.15) is 0 Å². The van der Waals surface area contributed by atoms with Crippen molar-refractivity contribution in [2.75, 3.05) is 20.7 Å². The smallest absolute Gasteiger partial charge is 0.160 e. The molecule has 15 heavy (non-hydrogen) atoms. The Morgan fingerprint density at radius 1 is 1.47 bits per heavy atom. The van der Waals surface area contributed by atoms with Crippen molar-refractivity contribution < 1.29 is 9.84 Å². The first kappa shape index (κ1) is 11.6. The number of hydrogen-bond donors (Lipinski definition) is 2. The van der Waals surface area contributed by atoms with E-state index < -0.39 is 0 Å². The fraction of sp³-hybridized carbons (Fsp3) is 0.333. The van der Waals surface area contributed by atoms with Gasteiger partial charge in [-0.3, -0.25) is 0 Å². The van der Waals surface area contributed by atoms with Crippen LogP contribution in [0.25, 0.3) is 6.08 Å². The van der Waals surface area contributed by atoms with Crippen molar-refractivity contribution in [1.82, 2.24) is 5.32 Å². The molecule has 0 amide bonds. The fourth-order valence-corrected chi connectivity index (χ4v) is 1.26. The van der Waals surface area contributed by atoms with Crippen LogP contribution >= 0.6 is 0 Å². The Balaban J connectivity index is 2.63. The van der Waals surface area contributed by atoms with E-state index in [0.717, 1.165) is 18.5 Å². The molecule has 0 heterocycles. The lowest BCUT2D eigenvalue weighted by atomic mass is 10.2. The molecule has 1 aromatic carbocycles. The zero-order valence-corrected chi connectivity index (χ0v) is 9.16. The van der Waals surface area contributed by atoms with Gasteiger partial charge in [-0.25, -0.2) is 0 Å². The molecule has 82 valence electrons. The summed E-state index contributed by atoms with van der Waals surface area (Å²) in [4.78, 5) is 0. The third-order valence-corrected chi connectivity index (χ3v) is 2.07. The van der Waals surface area contributed by atoms with Crippen LogP contribution in [0.5, 0.6) is 11.5 Å². The maximum Gasteiger partial charge on any atom is 0.160 e. The van der Waals surface area contributed by atoms with E-state index in [0.29, 0.717) is 5.75 Å². The van der Waals surface area contributed by atoms with E-state index in [2.05, 4.69) is 11.4 Å². The number of phenols is 1. The van der Waals surface area contributed by atoms with E-state index in [1.54, 1.807) is 12.1 Å². The molecule has 0 spiro atoms. The predicted octanol–water partition coefficient (Wildman–Crippen LogP) is 2.02. The van der Waals surface area contributed by atoms with Crippen LogP contribution < -0.4 is 10.1 Å². The summed E-state index contributed by atoms with van der Waals surface area (Å²) >= 11 is 0. The number of aromatic hydroxyl groups is 1. The van der Waals surface area contributed by atoms with Crippen molar-refractivity contribution in [3.05, 3.63) is 29.8 Å². The lowest BCUT2D eigenvalue weighted by Crippen LogP contribution is -2.05. The van der Waals surface area contributed by atoms with E-state index in [1.807, 2.05) is 19.2 Å². The number of ether oxygens (including phenoxy) is 1. The fourth-order valence-electron chi connectivity index (χ4n) is 1.26. The highest BCUT2D eigenvalue weighted by Gasteiger charge is 1.99. The van der Waals surface area contributed by atoms with E-state index in [4.69, 9.17) is 4.74 Å². The van der Waals surface area contributed by atoms with Crippen molar-refractivity contribution in [3.8, 4) is 11.5 Å². The van der Waals surface area contributed by atoms with Gasteiger partial charge in [-0.2, -0.15) is 0 Å². The van der Waals surface area contributed by atoms with Crippen molar-refractivity contribution >= 4 is 6.08 Å². The molecular weight excluding hydrogens is 190 g/mol. The first-order valence-corrected chi connectivity index (χ1v) is 4.96. The molecule has 0 radical (unpaired) electrons. The van der Waals surface area contributed by atoms with E-state index >= 15 is 0 Å². The van der Waals surface area contributed by atoms with Crippen LogP contribution in [-0.4, -0.2) is 25.8 Å². The minimum Gasteiger partial charge on any atom is -0.504 e. The molecule has 0 aliphatic rings. The summed E-state index contributed by atoms with van der Waals surface area (Å²) in [6.07, 6.45) is 5.03. The second-order valence-corrected chi connectivity index (χ2v) is 3.23. The standard InChI is InChI=1S/C12H17NO2/c1-13-8-4-3-5-10-6-7-12(15-2)11(14)9-10/h3,5-7,9,13-14H,4,8H2,1-2H3. The zero-order chi connectivity index (χ0) is 11.1. The highest BCUT2D eigenvalue weighted by Crippen LogP contribution is 2.26. The summed E-state index contributed by atoms with van der Waals surface area (Å²) in [5.74, 6) is 0.677. The molecule has 0 aliphatic carbocycles. The number of rotatable bonds is 5. The molecule has 0 aromatic heterocycles. The number of hydrogen-bond acceptors (Lipinski definition) is 3. The lowest BCUT2D eigenvalue weighted by Gasteiger charge is -2.03. The maximum atomic E-state index is 9.52. The summed E-state index contributed by atoms with van der Waals surface area (Å²) in [6, 6.07) is 5.36. The molecule has 3 heteroatoms. The van der Waals surface area contributed by atoms with Gasteiger partial charge in [0.2, 0.25) is 0 Å². The average molecular weight is 207 g/mol. The van der Waals surface area contributed by atoms with E-state index in [-0.39, 0.29) is 5.75 Å². The van der Waals surface area contributed by atoms with E-state index in [9.17, 15) is 5.11 Å². The predicted molar refractivity (Wildman–Crippen MR) is 62.2 cm³/mol. The van der Waals surface area contributed by atoms with Crippen LogP contribution in [0.15, 0.2) is 24.3 Å². The molecule has 0 bridgehead atoms. The molecule has 0 aliphatic heterocycles. The van der Waals surface area contributed by atoms with Gasteiger partial charge < -0.3 is 15.2 Å². The van der Waals surface area contributed by atoms with Crippen molar-refractivity contribution in [2.24, 2.45) is 0 Å². The van der Waals surface area contributed by atoms with Gasteiger partial charge in [0.15, 0.2) is 11.5 Å². The SMILES string of the molecule is CNCCC=Cc1ccc(OC)c(O)c1. The van der Waals surface area contributed by atoms with Crippen LogP contribution in [0.1, 0.15) is 12.0 Å². The molecule has 0 saturated carbocycles. The molecule has 1 rings (SSSR count). The van der Waals surface area contributed by atoms with Crippen molar-refractivity contribution in [1.29, 1.82) is 0 Å². The number of methoxy groups -OCH3 is 1. The number of benzene rings is 1. The molecule has 2 N–H and O–H groups in total. The maximum absolute atomic E-state index is 9.52. The monoisotopic (exact) mass is 207 g/mol. The molecule has 0 unspecified atom stereocenters. The highest BCUT2D eigenvalue weighted by atomic mass is 16.5. The number of phenolic OH excluding ortho intramolecular Hbond substituents is 1. The Hall–Kier alpha value is -1.48. The average Bonchev–Trinajstić information content (AvgIpc) is 2.25. The van der Waals surface area contributed by atoms with Crippen LogP contribution in [-0.2, 0) is 0 Å². The first-order valence-electron chi connectivity index (χ1n) is 4.96. The Kier molecular flexibility index (Phi) is 4.71. The molecule has 1 aromatic rings. The molecule has 0 fully saturated rings.